The molecule has 1 amide bonds. The van der Waals surface area contributed by atoms with Crippen LogP contribution in [0.15, 0.2) is 72.8 Å². The maximum atomic E-state index is 14.1. The minimum absolute atomic E-state index is 0.00235. The normalized spacial score (nSPS) is 25.4. The number of hydrogen-bond acceptors (Lipinski definition) is 4. The van der Waals surface area contributed by atoms with Crippen molar-refractivity contribution in [3.05, 3.63) is 89.5 Å². The molecule has 4 atom stereocenters. The largest absolute Gasteiger partial charge is 0.481 e. The van der Waals surface area contributed by atoms with Crippen LogP contribution in [0.3, 0.4) is 0 Å². The minimum atomic E-state index is -0.843. The number of anilines is 1. The Bertz CT molecular complexity index is 1380. The molecule has 3 aliphatic carbocycles. The van der Waals surface area contributed by atoms with Crippen LogP contribution in [0.1, 0.15) is 80.0 Å². The molecule has 3 fully saturated rings. The first-order chi connectivity index (χ1) is 20.1. The second-order valence-corrected chi connectivity index (χ2v) is 12.3. The monoisotopic (exact) mass is 550 g/mol. The first kappa shape index (κ1) is 26.1. The molecule has 4 aliphatic rings. The minimum Gasteiger partial charge on any atom is -0.481 e. The Hall–Kier alpha value is -3.80. The molecule has 3 aromatic rings. The van der Waals surface area contributed by atoms with E-state index in [1.807, 2.05) is 53.4 Å². The maximum absolute atomic E-state index is 14.1. The molecule has 41 heavy (non-hydrogen) atoms. The molecule has 6 nitrogen and oxygen atoms in total. The third kappa shape index (κ3) is 4.77. The summed E-state index contributed by atoms with van der Waals surface area (Å²) < 4.78 is 6.16. The zero-order chi connectivity index (χ0) is 27.9. The van der Waals surface area contributed by atoms with E-state index in [1.165, 1.54) is 47.9 Å². The smallest absolute Gasteiger partial charge is 0.410 e. The standard InChI is InChI=1S/C35H38N2O4/c38-34(39)30-20-23-8-7-15-32(23)37(33(30)22-16-18-25(19-17-22)36-24-9-1-2-10-24)35(40)41-21-31-28-13-5-3-11-26(28)27-12-4-6-14-29(27)31/h3-6,11-14,16-19,23-24,30-33,36H,1-2,7-10,15,20-21H2,(H,38,39)/t23-,30?,32?,33+/m1/s1. The van der Waals surface area contributed by atoms with Crippen LogP contribution in [-0.4, -0.2) is 40.8 Å². The quantitative estimate of drug-likeness (QED) is 0.330. The number of benzene rings is 3. The molecule has 6 heteroatoms. The number of hydrogen-bond donors (Lipinski definition) is 2. The second-order valence-electron chi connectivity index (χ2n) is 12.3. The van der Waals surface area contributed by atoms with Gasteiger partial charge in [0.1, 0.15) is 6.61 Å². The summed E-state index contributed by atoms with van der Waals surface area (Å²) in [4.78, 5) is 28.5. The summed E-state index contributed by atoms with van der Waals surface area (Å²) in [7, 11) is 0. The molecule has 7 rings (SSSR count). The van der Waals surface area contributed by atoms with Crippen LogP contribution in [0.25, 0.3) is 11.1 Å². The van der Waals surface area contributed by atoms with Crippen LogP contribution in [0.5, 0.6) is 0 Å². The summed E-state index contributed by atoms with van der Waals surface area (Å²) >= 11 is 0. The maximum Gasteiger partial charge on any atom is 0.410 e. The number of ether oxygens (including phenoxy) is 1. The highest BCUT2D eigenvalue weighted by Gasteiger charge is 2.50. The van der Waals surface area contributed by atoms with Gasteiger partial charge in [-0.05, 0) is 78.0 Å². The van der Waals surface area contributed by atoms with Crippen molar-refractivity contribution in [1.29, 1.82) is 0 Å². The average Bonchev–Trinajstić information content (AvgIpc) is 3.75. The highest BCUT2D eigenvalue weighted by Crippen LogP contribution is 2.49. The van der Waals surface area contributed by atoms with Gasteiger partial charge in [0.25, 0.3) is 0 Å². The molecule has 1 saturated heterocycles. The third-order valence-electron chi connectivity index (χ3n) is 10.1. The Morgan fingerprint density at radius 1 is 0.829 bits per heavy atom. The summed E-state index contributed by atoms with van der Waals surface area (Å²) in [5.41, 5.74) is 6.64. The number of carboxylic acid groups (broad SMARTS) is 1. The van der Waals surface area contributed by atoms with E-state index in [4.69, 9.17) is 4.74 Å². The van der Waals surface area contributed by atoms with Crippen LogP contribution in [0.4, 0.5) is 10.5 Å². The number of likely N-dealkylation sites (tertiary alicyclic amines) is 1. The zero-order valence-corrected chi connectivity index (χ0v) is 23.4. The number of piperidine rings is 1. The van der Waals surface area contributed by atoms with Crippen molar-refractivity contribution < 1.29 is 19.4 Å². The van der Waals surface area contributed by atoms with Crippen molar-refractivity contribution in [1.82, 2.24) is 4.90 Å². The fourth-order valence-corrected chi connectivity index (χ4v) is 8.14. The molecule has 3 aromatic carbocycles. The van der Waals surface area contributed by atoms with E-state index in [0.29, 0.717) is 12.5 Å². The average molecular weight is 551 g/mol. The van der Waals surface area contributed by atoms with E-state index in [2.05, 4.69) is 29.6 Å². The predicted octanol–water partition coefficient (Wildman–Crippen LogP) is 7.61. The van der Waals surface area contributed by atoms with Gasteiger partial charge in [0, 0.05) is 23.7 Å². The van der Waals surface area contributed by atoms with Crippen molar-refractivity contribution >= 4 is 17.7 Å². The SMILES string of the molecule is O=C(O)C1C[C@H]2CCCC2N(C(=O)OCC2c3ccccc3-c3ccccc32)[C@H]1c1ccc(NC2CCCC2)cc1. The van der Waals surface area contributed by atoms with Crippen molar-refractivity contribution in [3.8, 4) is 11.1 Å². The van der Waals surface area contributed by atoms with Gasteiger partial charge >= 0.3 is 12.1 Å². The zero-order valence-electron chi connectivity index (χ0n) is 23.4. The van der Waals surface area contributed by atoms with Crippen molar-refractivity contribution in [2.45, 2.75) is 75.4 Å². The lowest BCUT2D eigenvalue weighted by Crippen LogP contribution is -2.53. The van der Waals surface area contributed by atoms with Crippen LogP contribution in [0, 0.1) is 11.8 Å². The van der Waals surface area contributed by atoms with Gasteiger partial charge in [0.2, 0.25) is 0 Å². The molecule has 0 radical (unpaired) electrons. The van der Waals surface area contributed by atoms with Gasteiger partial charge < -0.3 is 15.2 Å². The second kappa shape index (κ2) is 10.9. The van der Waals surface area contributed by atoms with Gasteiger partial charge in [-0.1, -0.05) is 79.9 Å². The number of amides is 1. The van der Waals surface area contributed by atoms with Crippen LogP contribution in [0.2, 0.25) is 0 Å². The molecular formula is C35H38N2O4. The molecule has 2 saturated carbocycles. The number of rotatable bonds is 6. The van der Waals surface area contributed by atoms with E-state index in [1.54, 1.807) is 0 Å². The van der Waals surface area contributed by atoms with Gasteiger partial charge in [-0.2, -0.15) is 0 Å². The van der Waals surface area contributed by atoms with Crippen molar-refractivity contribution in [3.63, 3.8) is 0 Å². The summed E-state index contributed by atoms with van der Waals surface area (Å²) in [6.07, 6.45) is 7.94. The molecule has 212 valence electrons. The lowest BCUT2D eigenvalue weighted by molar-refractivity contribution is -0.148. The van der Waals surface area contributed by atoms with Crippen molar-refractivity contribution in [2.24, 2.45) is 11.8 Å². The number of carboxylic acids is 1. The lowest BCUT2D eigenvalue weighted by Gasteiger charge is -2.46. The molecule has 0 aromatic heterocycles. The van der Waals surface area contributed by atoms with Crippen LogP contribution < -0.4 is 5.32 Å². The number of carbonyl (C=O) groups excluding carboxylic acids is 1. The van der Waals surface area contributed by atoms with Crippen LogP contribution in [-0.2, 0) is 9.53 Å². The number of carbonyl (C=O) groups is 2. The van der Waals surface area contributed by atoms with Gasteiger partial charge in [-0.15, -0.1) is 0 Å². The molecule has 0 spiro atoms. The molecule has 2 unspecified atom stereocenters. The van der Waals surface area contributed by atoms with E-state index >= 15 is 0 Å². The molecule has 1 aliphatic heterocycles. The van der Waals surface area contributed by atoms with E-state index in [-0.39, 0.29) is 24.5 Å². The van der Waals surface area contributed by atoms with E-state index in [9.17, 15) is 14.7 Å². The first-order valence-corrected chi connectivity index (χ1v) is 15.3. The molecular weight excluding hydrogens is 512 g/mol. The van der Waals surface area contributed by atoms with E-state index in [0.717, 1.165) is 30.5 Å². The fourth-order valence-electron chi connectivity index (χ4n) is 8.14. The lowest BCUT2D eigenvalue weighted by atomic mass is 9.77. The van der Waals surface area contributed by atoms with Gasteiger partial charge in [0.15, 0.2) is 0 Å². The predicted molar refractivity (Wildman–Crippen MR) is 159 cm³/mol. The summed E-state index contributed by atoms with van der Waals surface area (Å²) in [6.45, 7) is 0.232. The number of nitrogens with one attached hydrogen (secondary N) is 1. The molecule has 0 bridgehead atoms. The Balaban J connectivity index is 1.17. The first-order valence-electron chi connectivity index (χ1n) is 15.3. The van der Waals surface area contributed by atoms with Crippen LogP contribution >= 0.6 is 0 Å². The number of fused-ring (bicyclic) bond motifs is 4. The molecule has 1 heterocycles. The summed E-state index contributed by atoms with van der Waals surface area (Å²) in [6, 6.07) is 24.7. The van der Waals surface area contributed by atoms with Gasteiger partial charge in [-0.25, -0.2) is 4.79 Å². The Morgan fingerprint density at radius 2 is 1.49 bits per heavy atom. The van der Waals surface area contributed by atoms with Crippen molar-refractivity contribution in [2.75, 3.05) is 11.9 Å². The van der Waals surface area contributed by atoms with Gasteiger partial charge in [0.05, 0.1) is 12.0 Å². The molecule has 2 N–H and O–H groups in total. The number of nitrogens with zero attached hydrogens (tertiary/aromatic N) is 1. The highest BCUT2D eigenvalue weighted by atomic mass is 16.6. The number of aliphatic carboxylic acids is 1. The summed E-state index contributed by atoms with van der Waals surface area (Å²) in [5, 5.41) is 14.0. The Kier molecular flexibility index (Phi) is 6.93. The summed E-state index contributed by atoms with van der Waals surface area (Å²) in [5.74, 6) is -1.35. The Morgan fingerprint density at radius 3 is 2.15 bits per heavy atom. The topological polar surface area (TPSA) is 78.9 Å². The van der Waals surface area contributed by atoms with E-state index < -0.39 is 24.0 Å². The fraction of sp³-hybridized carbons (Fsp3) is 0.429. The highest BCUT2D eigenvalue weighted by molar-refractivity contribution is 5.79. The Labute approximate surface area is 241 Å². The van der Waals surface area contributed by atoms with Gasteiger partial charge in [-0.3, -0.25) is 9.69 Å². The third-order valence-corrected chi connectivity index (χ3v) is 10.1.